The van der Waals surface area contributed by atoms with Crippen molar-refractivity contribution in [2.45, 2.75) is 19.9 Å². The first-order valence-corrected chi connectivity index (χ1v) is 6.09. The Morgan fingerprint density at radius 1 is 1.11 bits per heavy atom. The second-order valence-corrected chi connectivity index (χ2v) is 4.67. The van der Waals surface area contributed by atoms with Crippen molar-refractivity contribution in [3.05, 3.63) is 60.2 Å². The van der Waals surface area contributed by atoms with E-state index < -0.39 is 0 Å². The van der Waals surface area contributed by atoms with Crippen molar-refractivity contribution in [2.24, 2.45) is 5.92 Å². The predicted octanol–water partition coefficient (Wildman–Crippen LogP) is 4.03. The molecule has 0 aliphatic carbocycles. The smallest absolute Gasteiger partial charge is 0.143 e. The molecule has 0 saturated heterocycles. The van der Waals surface area contributed by atoms with E-state index >= 15 is 0 Å². The lowest BCUT2D eigenvalue weighted by Gasteiger charge is -2.23. The Balaban J connectivity index is 2.22. The molecule has 2 nitrogen and oxygen atoms in total. The Kier molecular flexibility index (Phi) is 3.92. The molecule has 0 radical (unpaired) electrons. The van der Waals surface area contributed by atoms with Crippen LogP contribution in [-0.4, -0.2) is 4.98 Å². The first-order valence-electron chi connectivity index (χ1n) is 6.09. The first-order chi connectivity index (χ1) is 8.66. The van der Waals surface area contributed by atoms with Gasteiger partial charge < -0.3 is 5.32 Å². The Labute approximate surface area is 107 Å². The van der Waals surface area contributed by atoms with E-state index in [2.05, 4.69) is 36.3 Å². The van der Waals surface area contributed by atoms with Crippen LogP contribution in [0.1, 0.15) is 25.5 Å². The number of hydrogen-bond acceptors (Lipinski definition) is 2. The SMILES string of the molecule is CC(C)C(Nc1cncc(F)c1)c1ccccc1. The van der Waals surface area contributed by atoms with E-state index in [1.807, 2.05) is 18.2 Å². The highest BCUT2D eigenvalue weighted by atomic mass is 19.1. The normalized spacial score (nSPS) is 12.4. The van der Waals surface area contributed by atoms with Crippen molar-refractivity contribution in [3.8, 4) is 0 Å². The van der Waals surface area contributed by atoms with Crippen LogP contribution in [0.3, 0.4) is 0 Å². The van der Waals surface area contributed by atoms with E-state index in [0.717, 1.165) is 0 Å². The summed E-state index contributed by atoms with van der Waals surface area (Å²) in [5.74, 6) is 0.0752. The van der Waals surface area contributed by atoms with Crippen molar-refractivity contribution < 1.29 is 4.39 Å². The molecule has 0 saturated carbocycles. The number of nitrogens with zero attached hydrogens (tertiary/aromatic N) is 1. The number of hydrogen-bond donors (Lipinski definition) is 1. The second kappa shape index (κ2) is 5.63. The van der Waals surface area contributed by atoms with E-state index in [1.54, 1.807) is 6.20 Å². The molecule has 3 heteroatoms. The highest BCUT2D eigenvalue weighted by Crippen LogP contribution is 2.26. The van der Waals surface area contributed by atoms with Crippen LogP contribution in [0, 0.1) is 11.7 Å². The molecule has 2 rings (SSSR count). The molecule has 0 aliphatic heterocycles. The number of halogens is 1. The van der Waals surface area contributed by atoms with E-state index in [-0.39, 0.29) is 11.9 Å². The summed E-state index contributed by atoms with van der Waals surface area (Å²) in [5, 5.41) is 3.33. The lowest BCUT2D eigenvalue weighted by atomic mass is 9.96. The van der Waals surface area contributed by atoms with Gasteiger partial charge >= 0.3 is 0 Å². The maximum atomic E-state index is 13.1. The van der Waals surface area contributed by atoms with Crippen LogP contribution >= 0.6 is 0 Å². The van der Waals surface area contributed by atoms with Gasteiger partial charge in [0.2, 0.25) is 0 Å². The summed E-state index contributed by atoms with van der Waals surface area (Å²) >= 11 is 0. The summed E-state index contributed by atoms with van der Waals surface area (Å²) in [4.78, 5) is 3.85. The lowest BCUT2D eigenvalue weighted by molar-refractivity contribution is 0.545. The average Bonchev–Trinajstić information content (AvgIpc) is 2.37. The van der Waals surface area contributed by atoms with Crippen molar-refractivity contribution in [2.75, 3.05) is 5.32 Å². The molecule has 1 aromatic carbocycles. The van der Waals surface area contributed by atoms with Crippen LogP contribution in [0.15, 0.2) is 48.8 Å². The highest BCUT2D eigenvalue weighted by molar-refractivity contribution is 5.43. The van der Waals surface area contributed by atoms with Crippen LogP contribution in [0.5, 0.6) is 0 Å². The fraction of sp³-hybridized carbons (Fsp3) is 0.267. The van der Waals surface area contributed by atoms with Gasteiger partial charge in [-0.1, -0.05) is 44.2 Å². The molecule has 0 aliphatic rings. The fourth-order valence-electron chi connectivity index (χ4n) is 1.97. The van der Waals surface area contributed by atoms with Crippen LogP contribution in [0.2, 0.25) is 0 Å². The van der Waals surface area contributed by atoms with Gasteiger partial charge in [0.05, 0.1) is 24.1 Å². The van der Waals surface area contributed by atoms with Crippen molar-refractivity contribution in [1.82, 2.24) is 4.98 Å². The highest BCUT2D eigenvalue weighted by Gasteiger charge is 2.15. The van der Waals surface area contributed by atoms with E-state index in [9.17, 15) is 4.39 Å². The molecule has 1 N–H and O–H groups in total. The Morgan fingerprint density at radius 2 is 1.83 bits per heavy atom. The summed E-state index contributed by atoms with van der Waals surface area (Å²) in [5.41, 5.74) is 1.90. The van der Waals surface area contributed by atoms with Crippen LogP contribution in [-0.2, 0) is 0 Å². The fourth-order valence-corrected chi connectivity index (χ4v) is 1.97. The summed E-state index contributed by atoms with van der Waals surface area (Å²) < 4.78 is 13.1. The maximum absolute atomic E-state index is 13.1. The van der Waals surface area contributed by atoms with Gasteiger partial charge in [-0.2, -0.15) is 0 Å². The van der Waals surface area contributed by atoms with E-state index in [1.165, 1.54) is 17.8 Å². The number of rotatable bonds is 4. The molecule has 1 aromatic heterocycles. The third-order valence-corrected chi connectivity index (χ3v) is 2.85. The van der Waals surface area contributed by atoms with Gasteiger partial charge in [0, 0.05) is 6.07 Å². The largest absolute Gasteiger partial charge is 0.377 e. The van der Waals surface area contributed by atoms with Gasteiger partial charge in [0.1, 0.15) is 5.82 Å². The Bertz CT molecular complexity index is 497. The molecular weight excluding hydrogens is 227 g/mol. The van der Waals surface area contributed by atoms with Crippen LogP contribution in [0.4, 0.5) is 10.1 Å². The van der Waals surface area contributed by atoms with Crippen LogP contribution < -0.4 is 5.32 Å². The van der Waals surface area contributed by atoms with Crippen molar-refractivity contribution in [3.63, 3.8) is 0 Å². The minimum absolute atomic E-state index is 0.148. The molecule has 94 valence electrons. The first kappa shape index (κ1) is 12.6. The molecular formula is C15H17FN2. The van der Waals surface area contributed by atoms with Gasteiger partial charge in [-0.15, -0.1) is 0 Å². The molecule has 0 amide bonds. The van der Waals surface area contributed by atoms with Gasteiger partial charge in [-0.25, -0.2) is 4.39 Å². The molecule has 1 unspecified atom stereocenters. The number of aromatic nitrogens is 1. The zero-order valence-electron chi connectivity index (χ0n) is 10.6. The van der Waals surface area contributed by atoms with Gasteiger partial charge in [0.25, 0.3) is 0 Å². The Morgan fingerprint density at radius 3 is 2.44 bits per heavy atom. The number of benzene rings is 1. The predicted molar refractivity (Wildman–Crippen MR) is 71.8 cm³/mol. The molecule has 0 bridgehead atoms. The van der Waals surface area contributed by atoms with Gasteiger partial charge in [-0.05, 0) is 11.5 Å². The molecule has 18 heavy (non-hydrogen) atoms. The number of pyridine rings is 1. The monoisotopic (exact) mass is 244 g/mol. The van der Waals surface area contributed by atoms with E-state index in [4.69, 9.17) is 0 Å². The summed E-state index contributed by atoms with van der Waals surface area (Å²) in [7, 11) is 0. The third kappa shape index (κ3) is 3.06. The maximum Gasteiger partial charge on any atom is 0.143 e. The summed E-state index contributed by atoms with van der Waals surface area (Å²) in [6.07, 6.45) is 2.85. The number of anilines is 1. The quantitative estimate of drug-likeness (QED) is 0.878. The minimum Gasteiger partial charge on any atom is -0.377 e. The van der Waals surface area contributed by atoms with E-state index in [0.29, 0.717) is 11.6 Å². The van der Waals surface area contributed by atoms with Crippen molar-refractivity contribution >= 4 is 5.69 Å². The average molecular weight is 244 g/mol. The Hall–Kier alpha value is -1.90. The van der Waals surface area contributed by atoms with Crippen LogP contribution in [0.25, 0.3) is 0 Å². The molecule has 2 aromatic rings. The minimum atomic E-state index is -0.324. The molecule has 1 heterocycles. The molecule has 0 spiro atoms. The molecule has 1 atom stereocenters. The van der Waals surface area contributed by atoms with Crippen molar-refractivity contribution in [1.29, 1.82) is 0 Å². The lowest BCUT2D eigenvalue weighted by Crippen LogP contribution is -2.16. The standard InChI is InChI=1S/C15H17FN2/c1-11(2)15(12-6-4-3-5-7-12)18-14-8-13(16)9-17-10-14/h3-11,15,18H,1-2H3. The van der Waals surface area contributed by atoms with Gasteiger partial charge in [-0.3, -0.25) is 4.98 Å². The third-order valence-electron chi connectivity index (χ3n) is 2.85. The zero-order chi connectivity index (χ0) is 13.0. The summed E-state index contributed by atoms with van der Waals surface area (Å²) in [6.45, 7) is 4.27. The topological polar surface area (TPSA) is 24.9 Å². The zero-order valence-corrected chi connectivity index (χ0v) is 10.6. The van der Waals surface area contributed by atoms with Gasteiger partial charge in [0.15, 0.2) is 0 Å². The molecule has 0 fully saturated rings. The second-order valence-electron chi connectivity index (χ2n) is 4.67. The summed E-state index contributed by atoms with van der Waals surface area (Å²) in [6, 6.07) is 11.8. The number of nitrogens with one attached hydrogen (secondary N) is 1.